The molecule has 0 aliphatic carbocycles. The summed E-state index contributed by atoms with van der Waals surface area (Å²) in [6, 6.07) is 5.14. The molecule has 1 heterocycles. The van der Waals surface area contributed by atoms with Crippen LogP contribution in [0.4, 0.5) is 0 Å². The summed E-state index contributed by atoms with van der Waals surface area (Å²) in [7, 11) is 3.30. The van der Waals surface area contributed by atoms with Crippen molar-refractivity contribution in [3.63, 3.8) is 0 Å². The number of aromatic nitrogens is 3. The number of ether oxygens (including phenoxy) is 2. The summed E-state index contributed by atoms with van der Waals surface area (Å²) >= 11 is 0. The Labute approximate surface area is 104 Å². The van der Waals surface area contributed by atoms with Crippen molar-refractivity contribution >= 4 is 6.29 Å². The second-order valence-corrected chi connectivity index (χ2v) is 3.67. The van der Waals surface area contributed by atoms with Crippen LogP contribution in [0.2, 0.25) is 0 Å². The number of carbonyl (C=O) groups is 1. The fourth-order valence-electron chi connectivity index (χ4n) is 1.55. The molecule has 0 unspecified atom stereocenters. The van der Waals surface area contributed by atoms with E-state index in [0.717, 1.165) is 6.29 Å². The van der Waals surface area contributed by atoms with Crippen molar-refractivity contribution in [3.8, 4) is 11.5 Å². The molecule has 0 atom stereocenters. The maximum Gasteiger partial charge on any atom is 0.172 e. The van der Waals surface area contributed by atoms with Gasteiger partial charge in [-0.1, -0.05) is 11.3 Å². The summed E-state index contributed by atoms with van der Waals surface area (Å²) in [6.45, 7) is 0.231. The molecule has 0 aliphatic rings. The van der Waals surface area contributed by atoms with E-state index in [4.69, 9.17) is 9.47 Å². The molecule has 0 N–H and O–H groups in total. The molecule has 0 saturated heterocycles. The maximum atomic E-state index is 10.9. The zero-order valence-electron chi connectivity index (χ0n) is 10.2. The maximum absolute atomic E-state index is 10.9. The summed E-state index contributed by atoms with van der Waals surface area (Å²) < 4.78 is 12.3. The normalized spacial score (nSPS) is 10.1. The Morgan fingerprint density at radius 1 is 1.44 bits per heavy atom. The van der Waals surface area contributed by atoms with Crippen LogP contribution in [0.25, 0.3) is 0 Å². The van der Waals surface area contributed by atoms with Gasteiger partial charge in [-0.05, 0) is 12.1 Å². The van der Waals surface area contributed by atoms with E-state index >= 15 is 0 Å². The van der Waals surface area contributed by atoms with E-state index in [1.807, 2.05) is 0 Å². The molecule has 0 fully saturated rings. The van der Waals surface area contributed by atoms with Gasteiger partial charge in [-0.25, -0.2) is 0 Å². The summed E-state index contributed by atoms with van der Waals surface area (Å²) in [5.41, 5.74) is 1.12. The molecular formula is C12H13N3O3. The SMILES string of the molecule is COc1cccc(C=O)c1OCc1cn(C)nn1. The van der Waals surface area contributed by atoms with Gasteiger partial charge in [0.25, 0.3) is 0 Å². The molecule has 0 amide bonds. The van der Waals surface area contributed by atoms with Crippen LogP contribution < -0.4 is 9.47 Å². The molecule has 0 aliphatic heterocycles. The summed E-state index contributed by atoms with van der Waals surface area (Å²) in [5.74, 6) is 0.934. The van der Waals surface area contributed by atoms with Crippen LogP contribution in [0.3, 0.4) is 0 Å². The minimum absolute atomic E-state index is 0.231. The molecule has 0 saturated carbocycles. The molecule has 2 aromatic rings. The smallest absolute Gasteiger partial charge is 0.172 e. The second-order valence-electron chi connectivity index (χ2n) is 3.67. The Balaban J connectivity index is 2.19. The molecule has 0 bridgehead atoms. The number of nitrogens with zero attached hydrogens (tertiary/aromatic N) is 3. The molecule has 1 aromatic heterocycles. The highest BCUT2D eigenvalue weighted by molar-refractivity contribution is 5.81. The molecule has 18 heavy (non-hydrogen) atoms. The second kappa shape index (κ2) is 5.31. The van der Waals surface area contributed by atoms with Crippen molar-refractivity contribution in [2.24, 2.45) is 7.05 Å². The molecule has 6 nitrogen and oxygen atoms in total. The molecule has 2 rings (SSSR count). The van der Waals surface area contributed by atoms with Gasteiger partial charge in [0.1, 0.15) is 12.3 Å². The Morgan fingerprint density at radius 3 is 2.89 bits per heavy atom. The number of aryl methyl sites for hydroxylation is 1. The Hall–Kier alpha value is -2.37. The van der Waals surface area contributed by atoms with E-state index in [2.05, 4.69) is 10.3 Å². The number of benzene rings is 1. The molecule has 0 radical (unpaired) electrons. The first kappa shape index (κ1) is 12.1. The first-order valence-corrected chi connectivity index (χ1v) is 5.34. The lowest BCUT2D eigenvalue weighted by Gasteiger charge is -2.11. The quantitative estimate of drug-likeness (QED) is 0.743. The highest BCUT2D eigenvalue weighted by atomic mass is 16.5. The van der Waals surface area contributed by atoms with Crippen molar-refractivity contribution in [1.29, 1.82) is 0 Å². The summed E-state index contributed by atoms with van der Waals surface area (Å²) in [5, 5.41) is 7.70. The standard InChI is InChI=1S/C12H13N3O3/c1-15-6-10(13-14-15)8-18-12-9(7-16)4-3-5-11(12)17-2/h3-7H,8H2,1-2H3. The lowest BCUT2D eigenvalue weighted by molar-refractivity contribution is 0.111. The third-order valence-electron chi connectivity index (χ3n) is 2.37. The third-order valence-corrected chi connectivity index (χ3v) is 2.37. The number of carbonyl (C=O) groups excluding carboxylic acids is 1. The third kappa shape index (κ3) is 2.48. The zero-order chi connectivity index (χ0) is 13.0. The predicted molar refractivity (Wildman–Crippen MR) is 63.7 cm³/mol. The van der Waals surface area contributed by atoms with E-state index < -0.39 is 0 Å². The van der Waals surface area contributed by atoms with Gasteiger partial charge in [0, 0.05) is 7.05 Å². The van der Waals surface area contributed by atoms with Crippen molar-refractivity contribution in [1.82, 2.24) is 15.0 Å². The predicted octanol–water partition coefficient (Wildman–Crippen LogP) is 1.22. The monoisotopic (exact) mass is 247 g/mol. The lowest BCUT2D eigenvalue weighted by Crippen LogP contribution is -2.01. The molecule has 6 heteroatoms. The van der Waals surface area contributed by atoms with Gasteiger partial charge in [-0.2, -0.15) is 0 Å². The fraction of sp³-hybridized carbons (Fsp3) is 0.250. The fourth-order valence-corrected chi connectivity index (χ4v) is 1.55. The minimum Gasteiger partial charge on any atom is -0.493 e. The van der Waals surface area contributed by atoms with Gasteiger partial charge < -0.3 is 9.47 Å². The van der Waals surface area contributed by atoms with Crippen LogP contribution in [0.1, 0.15) is 16.1 Å². The molecule has 94 valence electrons. The van der Waals surface area contributed by atoms with Crippen molar-refractivity contribution < 1.29 is 14.3 Å². The number of para-hydroxylation sites is 1. The Kier molecular flexibility index (Phi) is 3.57. The average Bonchev–Trinajstić information content (AvgIpc) is 2.81. The van der Waals surface area contributed by atoms with Gasteiger partial charge >= 0.3 is 0 Å². The van der Waals surface area contributed by atoms with Crippen molar-refractivity contribution in [2.45, 2.75) is 6.61 Å². The van der Waals surface area contributed by atoms with Gasteiger partial charge in [0.05, 0.1) is 18.9 Å². The number of rotatable bonds is 5. The lowest BCUT2D eigenvalue weighted by atomic mass is 10.2. The van der Waals surface area contributed by atoms with E-state index in [1.54, 1.807) is 36.1 Å². The van der Waals surface area contributed by atoms with Crippen LogP contribution in [0.5, 0.6) is 11.5 Å². The highest BCUT2D eigenvalue weighted by Gasteiger charge is 2.11. The topological polar surface area (TPSA) is 66.2 Å². The van der Waals surface area contributed by atoms with Gasteiger partial charge in [-0.3, -0.25) is 9.48 Å². The van der Waals surface area contributed by atoms with Crippen molar-refractivity contribution in [3.05, 3.63) is 35.7 Å². The van der Waals surface area contributed by atoms with Crippen LogP contribution in [0.15, 0.2) is 24.4 Å². The molecule has 1 aromatic carbocycles. The average molecular weight is 247 g/mol. The van der Waals surface area contributed by atoms with Crippen molar-refractivity contribution in [2.75, 3.05) is 7.11 Å². The van der Waals surface area contributed by atoms with E-state index in [-0.39, 0.29) is 6.61 Å². The van der Waals surface area contributed by atoms with Gasteiger partial charge in [-0.15, -0.1) is 5.10 Å². The van der Waals surface area contributed by atoms with Crippen LogP contribution in [-0.2, 0) is 13.7 Å². The number of hydrogen-bond donors (Lipinski definition) is 0. The first-order chi connectivity index (χ1) is 8.74. The van der Waals surface area contributed by atoms with Crippen LogP contribution >= 0.6 is 0 Å². The Morgan fingerprint density at radius 2 is 2.28 bits per heavy atom. The van der Waals surface area contributed by atoms with Gasteiger partial charge in [0.15, 0.2) is 17.8 Å². The highest BCUT2D eigenvalue weighted by Crippen LogP contribution is 2.30. The first-order valence-electron chi connectivity index (χ1n) is 5.34. The van der Waals surface area contributed by atoms with Crippen LogP contribution in [0, 0.1) is 0 Å². The largest absolute Gasteiger partial charge is 0.493 e. The number of methoxy groups -OCH3 is 1. The summed E-state index contributed by atoms with van der Waals surface area (Å²) in [6.07, 6.45) is 2.48. The van der Waals surface area contributed by atoms with Gasteiger partial charge in [0.2, 0.25) is 0 Å². The molecule has 0 spiro atoms. The zero-order valence-corrected chi connectivity index (χ0v) is 10.2. The Bertz CT molecular complexity index is 551. The van der Waals surface area contributed by atoms with E-state index in [9.17, 15) is 4.79 Å². The number of aldehydes is 1. The van der Waals surface area contributed by atoms with E-state index in [1.165, 1.54) is 7.11 Å². The van der Waals surface area contributed by atoms with Crippen LogP contribution in [-0.4, -0.2) is 28.4 Å². The summed E-state index contributed by atoms with van der Waals surface area (Å²) in [4.78, 5) is 10.9. The molecular weight excluding hydrogens is 234 g/mol. The minimum atomic E-state index is 0.231. The number of hydrogen-bond acceptors (Lipinski definition) is 5. The van der Waals surface area contributed by atoms with E-state index in [0.29, 0.717) is 22.8 Å².